The van der Waals surface area contributed by atoms with Gasteiger partial charge in [-0.15, -0.1) is 0 Å². The SMILES string of the molecule is CC(C)N1CCCC[C@@H]1c1ccc(NC2CCCC2)nc1. The Kier molecular flexibility index (Phi) is 4.79. The zero-order valence-corrected chi connectivity index (χ0v) is 13.5. The van der Waals surface area contributed by atoms with Crippen LogP contribution in [0.4, 0.5) is 5.82 Å². The van der Waals surface area contributed by atoms with Crippen LogP contribution in [0, 0.1) is 0 Å². The van der Waals surface area contributed by atoms with E-state index in [1.54, 1.807) is 0 Å². The maximum Gasteiger partial charge on any atom is 0.126 e. The van der Waals surface area contributed by atoms with Gasteiger partial charge in [-0.05, 0) is 57.7 Å². The van der Waals surface area contributed by atoms with Gasteiger partial charge in [-0.1, -0.05) is 25.3 Å². The second-order valence-electron chi connectivity index (χ2n) is 6.95. The van der Waals surface area contributed by atoms with Crippen molar-refractivity contribution in [2.45, 2.75) is 76.9 Å². The summed E-state index contributed by atoms with van der Waals surface area (Å²) in [6, 6.07) is 6.29. The predicted molar refractivity (Wildman–Crippen MR) is 88.5 cm³/mol. The molecule has 1 N–H and O–H groups in total. The molecular formula is C18H29N3. The van der Waals surface area contributed by atoms with Gasteiger partial charge in [-0.3, -0.25) is 4.90 Å². The highest BCUT2D eigenvalue weighted by molar-refractivity contribution is 5.37. The molecule has 0 radical (unpaired) electrons. The molecule has 1 aromatic rings. The van der Waals surface area contributed by atoms with Gasteiger partial charge in [0, 0.05) is 24.3 Å². The first kappa shape index (κ1) is 14.8. The van der Waals surface area contributed by atoms with Gasteiger partial charge in [0.25, 0.3) is 0 Å². The van der Waals surface area contributed by atoms with Crippen molar-refractivity contribution in [1.29, 1.82) is 0 Å². The number of piperidine rings is 1. The van der Waals surface area contributed by atoms with Gasteiger partial charge in [0.2, 0.25) is 0 Å². The van der Waals surface area contributed by atoms with E-state index in [2.05, 4.69) is 47.4 Å². The summed E-state index contributed by atoms with van der Waals surface area (Å²) in [6.45, 7) is 5.84. The van der Waals surface area contributed by atoms with Crippen LogP contribution in [-0.4, -0.2) is 28.5 Å². The van der Waals surface area contributed by atoms with Crippen LogP contribution in [0.3, 0.4) is 0 Å². The third kappa shape index (κ3) is 3.57. The Morgan fingerprint density at radius 3 is 2.52 bits per heavy atom. The molecule has 2 heterocycles. The highest BCUT2D eigenvalue weighted by Crippen LogP contribution is 2.32. The molecule has 0 bridgehead atoms. The van der Waals surface area contributed by atoms with E-state index in [9.17, 15) is 0 Å². The topological polar surface area (TPSA) is 28.2 Å². The maximum atomic E-state index is 4.67. The fraction of sp³-hybridized carbons (Fsp3) is 0.722. The summed E-state index contributed by atoms with van der Waals surface area (Å²) in [4.78, 5) is 7.30. The van der Waals surface area contributed by atoms with E-state index in [0.717, 1.165) is 5.82 Å². The Hall–Kier alpha value is -1.09. The summed E-state index contributed by atoms with van der Waals surface area (Å²) in [6.07, 6.45) is 11.4. The second kappa shape index (κ2) is 6.78. The number of nitrogens with zero attached hydrogens (tertiary/aromatic N) is 2. The molecule has 116 valence electrons. The van der Waals surface area contributed by atoms with Crippen molar-refractivity contribution in [3.05, 3.63) is 23.9 Å². The molecule has 1 saturated heterocycles. The lowest BCUT2D eigenvalue weighted by Gasteiger charge is -2.38. The van der Waals surface area contributed by atoms with Gasteiger partial charge in [-0.2, -0.15) is 0 Å². The molecule has 1 aliphatic heterocycles. The Labute approximate surface area is 129 Å². The van der Waals surface area contributed by atoms with Crippen LogP contribution in [0.15, 0.2) is 18.3 Å². The van der Waals surface area contributed by atoms with Gasteiger partial charge < -0.3 is 5.32 Å². The van der Waals surface area contributed by atoms with Gasteiger partial charge in [0.05, 0.1) is 0 Å². The van der Waals surface area contributed by atoms with Crippen molar-refractivity contribution in [1.82, 2.24) is 9.88 Å². The monoisotopic (exact) mass is 287 g/mol. The lowest BCUT2D eigenvalue weighted by molar-refractivity contribution is 0.112. The van der Waals surface area contributed by atoms with Crippen molar-refractivity contribution < 1.29 is 0 Å². The molecule has 21 heavy (non-hydrogen) atoms. The van der Waals surface area contributed by atoms with Gasteiger partial charge in [0.1, 0.15) is 5.82 Å². The first-order chi connectivity index (χ1) is 10.2. The Morgan fingerprint density at radius 1 is 1.10 bits per heavy atom. The molecule has 1 aromatic heterocycles. The maximum absolute atomic E-state index is 4.67. The minimum Gasteiger partial charge on any atom is -0.367 e. The molecule has 0 unspecified atom stereocenters. The Bertz CT molecular complexity index is 434. The molecule has 1 atom stereocenters. The van der Waals surface area contributed by atoms with Gasteiger partial charge in [-0.25, -0.2) is 4.98 Å². The van der Waals surface area contributed by atoms with Crippen LogP contribution in [0.2, 0.25) is 0 Å². The van der Waals surface area contributed by atoms with Crippen molar-refractivity contribution in [3.63, 3.8) is 0 Å². The Balaban J connectivity index is 1.67. The standard InChI is InChI=1S/C18H29N3/c1-14(2)21-12-6-5-9-17(21)15-10-11-18(19-13-15)20-16-7-3-4-8-16/h10-11,13-14,16-17H,3-9,12H2,1-2H3,(H,19,20)/t17-/m1/s1. The number of pyridine rings is 1. The number of aromatic nitrogens is 1. The van der Waals surface area contributed by atoms with E-state index in [0.29, 0.717) is 18.1 Å². The third-order valence-electron chi connectivity index (χ3n) is 5.09. The molecule has 2 aliphatic rings. The molecule has 3 rings (SSSR count). The summed E-state index contributed by atoms with van der Waals surface area (Å²) in [5, 5.41) is 3.58. The number of likely N-dealkylation sites (tertiary alicyclic amines) is 1. The smallest absolute Gasteiger partial charge is 0.126 e. The lowest BCUT2D eigenvalue weighted by Crippen LogP contribution is -2.38. The van der Waals surface area contributed by atoms with Crippen LogP contribution < -0.4 is 5.32 Å². The predicted octanol–water partition coefficient (Wildman–Crippen LogP) is 4.37. The number of anilines is 1. The molecule has 0 aromatic carbocycles. The largest absolute Gasteiger partial charge is 0.367 e. The minimum absolute atomic E-state index is 0.562. The van der Waals surface area contributed by atoms with Crippen LogP contribution in [-0.2, 0) is 0 Å². The number of hydrogen-bond acceptors (Lipinski definition) is 3. The van der Waals surface area contributed by atoms with Crippen LogP contribution in [0.5, 0.6) is 0 Å². The zero-order valence-electron chi connectivity index (χ0n) is 13.5. The average molecular weight is 287 g/mol. The van der Waals surface area contributed by atoms with Gasteiger partial charge >= 0.3 is 0 Å². The summed E-state index contributed by atoms with van der Waals surface area (Å²) in [5.74, 6) is 1.05. The summed E-state index contributed by atoms with van der Waals surface area (Å²) in [7, 11) is 0. The summed E-state index contributed by atoms with van der Waals surface area (Å²) in [5.41, 5.74) is 1.39. The highest BCUT2D eigenvalue weighted by atomic mass is 15.2. The molecule has 0 spiro atoms. The summed E-state index contributed by atoms with van der Waals surface area (Å²) >= 11 is 0. The fourth-order valence-electron chi connectivity index (χ4n) is 3.90. The number of nitrogens with one attached hydrogen (secondary N) is 1. The van der Waals surface area contributed by atoms with Gasteiger partial charge in [0.15, 0.2) is 0 Å². The van der Waals surface area contributed by atoms with E-state index in [4.69, 9.17) is 0 Å². The van der Waals surface area contributed by atoms with E-state index in [-0.39, 0.29) is 0 Å². The molecule has 3 heteroatoms. The van der Waals surface area contributed by atoms with E-state index in [1.807, 2.05) is 0 Å². The third-order valence-corrected chi connectivity index (χ3v) is 5.09. The first-order valence-electron chi connectivity index (χ1n) is 8.72. The fourth-order valence-corrected chi connectivity index (χ4v) is 3.90. The Morgan fingerprint density at radius 2 is 1.86 bits per heavy atom. The average Bonchev–Trinajstić information content (AvgIpc) is 3.01. The quantitative estimate of drug-likeness (QED) is 0.891. The van der Waals surface area contributed by atoms with Crippen LogP contribution in [0.25, 0.3) is 0 Å². The van der Waals surface area contributed by atoms with E-state index < -0.39 is 0 Å². The van der Waals surface area contributed by atoms with Crippen LogP contribution >= 0.6 is 0 Å². The molecule has 2 fully saturated rings. The molecular weight excluding hydrogens is 258 g/mol. The molecule has 3 nitrogen and oxygen atoms in total. The number of hydrogen-bond donors (Lipinski definition) is 1. The number of rotatable bonds is 4. The normalized spacial score (nSPS) is 24.6. The van der Waals surface area contributed by atoms with Crippen molar-refractivity contribution in [2.75, 3.05) is 11.9 Å². The zero-order chi connectivity index (χ0) is 14.7. The van der Waals surface area contributed by atoms with E-state index in [1.165, 1.54) is 57.1 Å². The molecule has 1 saturated carbocycles. The summed E-state index contributed by atoms with van der Waals surface area (Å²) < 4.78 is 0. The van der Waals surface area contributed by atoms with E-state index >= 15 is 0 Å². The second-order valence-corrected chi connectivity index (χ2v) is 6.95. The highest BCUT2D eigenvalue weighted by Gasteiger charge is 2.26. The van der Waals surface area contributed by atoms with Crippen molar-refractivity contribution >= 4 is 5.82 Å². The lowest BCUT2D eigenvalue weighted by atomic mass is 9.95. The molecule has 0 amide bonds. The van der Waals surface area contributed by atoms with Crippen LogP contribution in [0.1, 0.15) is 70.4 Å². The first-order valence-corrected chi connectivity index (χ1v) is 8.72. The minimum atomic E-state index is 0.562. The van der Waals surface area contributed by atoms with Crippen molar-refractivity contribution in [3.8, 4) is 0 Å². The van der Waals surface area contributed by atoms with Crippen molar-refractivity contribution in [2.24, 2.45) is 0 Å². The molecule has 1 aliphatic carbocycles.